The van der Waals surface area contributed by atoms with Gasteiger partial charge in [-0.05, 0) is 12.1 Å². The Balaban J connectivity index is 2.37. The molecule has 0 atom stereocenters. The van der Waals surface area contributed by atoms with Gasteiger partial charge in [0.25, 0.3) is 10.0 Å². The lowest BCUT2D eigenvalue weighted by atomic mass is 10.2. The number of sulfonamides is 1. The number of nitrogens with zero attached hydrogens (tertiary/aromatic N) is 2. The lowest BCUT2D eigenvalue weighted by molar-refractivity contribution is 0.601. The fourth-order valence-electron chi connectivity index (χ4n) is 1.98. The number of nitrogens with one attached hydrogen (secondary N) is 1. The van der Waals surface area contributed by atoms with Crippen molar-refractivity contribution in [3.05, 3.63) is 65.7 Å². The summed E-state index contributed by atoms with van der Waals surface area (Å²) in [7, 11) is -3.87. The van der Waals surface area contributed by atoms with Crippen molar-refractivity contribution in [3.8, 4) is 6.07 Å². The number of anilines is 1. The van der Waals surface area contributed by atoms with Crippen molar-refractivity contribution < 1.29 is 8.42 Å². The summed E-state index contributed by atoms with van der Waals surface area (Å²) in [4.78, 5) is 5.19. The Labute approximate surface area is 139 Å². The molecule has 0 radical (unpaired) electrons. The molecular weight excluding hydrogens is 330 g/mol. The second-order valence-electron chi connectivity index (χ2n) is 4.59. The van der Waals surface area contributed by atoms with Crippen molar-refractivity contribution in [1.82, 2.24) is 4.98 Å². The lowest BCUT2D eigenvalue weighted by Crippen LogP contribution is -2.14. The molecule has 1 aromatic carbocycles. The van der Waals surface area contributed by atoms with Crippen molar-refractivity contribution in [1.29, 1.82) is 5.26 Å². The number of aromatic nitrogens is 1. The maximum absolute atomic E-state index is 12.5. The molecule has 0 saturated heterocycles. The van der Waals surface area contributed by atoms with E-state index >= 15 is 0 Å². The molecule has 0 spiro atoms. The highest BCUT2D eigenvalue weighted by Crippen LogP contribution is 2.27. The van der Waals surface area contributed by atoms with Crippen molar-refractivity contribution in [3.63, 3.8) is 0 Å². The fourth-order valence-corrected chi connectivity index (χ4v) is 4.36. The molecule has 0 aliphatic rings. The van der Waals surface area contributed by atoms with Gasteiger partial charge < -0.3 is 0 Å². The fraction of sp³-hybridized carbons (Fsp3) is 0.125. The first kappa shape index (κ1) is 16.9. The molecule has 1 heterocycles. The Hall–Kier alpha value is -2.43. The standard InChI is InChI=1S/C16H15N3O2S2/c1-3-7-13-14(8-4-2)22-16(18-13)19-23(20,21)15-10-6-5-9-12(15)11-17/h3-6,9-10H,1-2,7-8H2,(H,18,19). The number of hydrogen-bond donors (Lipinski definition) is 1. The normalized spacial score (nSPS) is 10.7. The van der Waals surface area contributed by atoms with Crippen LogP contribution >= 0.6 is 11.3 Å². The van der Waals surface area contributed by atoms with Crippen LogP contribution in [-0.4, -0.2) is 13.4 Å². The highest BCUT2D eigenvalue weighted by molar-refractivity contribution is 7.93. The number of nitriles is 1. The molecule has 7 heteroatoms. The molecule has 1 N–H and O–H groups in total. The van der Waals surface area contributed by atoms with Crippen LogP contribution in [0.15, 0.2) is 54.5 Å². The van der Waals surface area contributed by atoms with Gasteiger partial charge in [0.05, 0.1) is 11.3 Å². The van der Waals surface area contributed by atoms with Gasteiger partial charge in [-0.25, -0.2) is 13.4 Å². The van der Waals surface area contributed by atoms with Crippen LogP contribution in [0.4, 0.5) is 5.13 Å². The zero-order valence-corrected chi connectivity index (χ0v) is 14.0. The number of rotatable bonds is 7. The quantitative estimate of drug-likeness (QED) is 0.781. The van der Waals surface area contributed by atoms with Gasteiger partial charge in [-0.2, -0.15) is 5.26 Å². The van der Waals surface area contributed by atoms with Gasteiger partial charge in [-0.3, -0.25) is 4.72 Å². The van der Waals surface area contributed by atoms with Crippen LogP contribution in [0.1, 0.15) is 16.1 Å². The average Bonchev–Trinajstić information content (AvgIpc) is 2.89. The van der Waals surface area contributed by atoms with E-state index in [0.717, 1.165) is 10.6 Å². The van der Waals surface area contributed by atoms with E-state index in [1.165, 1.54) is 23.5 Å². The van der Waals surface area contributed by atoms with Gasteiger partial charge in [0.1, 0.15) is 11.0 Å². The van der Waals surface area contributed by atoms with E-state index < -0.39 is 10.0 Å². The maximum Gasteiger partial charge on any atom is 0.264 e. The highest BCUT2D eigenvalue weighted by atomic mass is 32.2. The van der Waals surface area contributed by atoms with Crippen LogP contribution in [-0.2, 0) is 22.9 Å². The Morgan fingerprint density at radius 2 is 1.96 bits per heavy atom. The number of thiazole rings is 1. The van der Waals surface area contributed by atoms with E-state index in [9.17, 15) is 8.42 Å². The van der Waals surface area contributed by atoms with Gasteiger partial charge in [0.2, 0.25) is 0 Å². The van der Waals surface area contributed by atoms with Crippen LogP contribution in [0.5, 0.6) is 0 Å². The van der Waals surface area contributed by atoms with Crippen molar-refractivity contribution in [2.24, 2.45) is 0 Å². The molecule has 5 nitrogen and oxygen atoms in total. The van der Waals surface area contributed by atoms with Gasteiger partial charge >= 0.3 is 0 Å². The topological polar surface area (TPSA) is 82.8 Å². The summed E-state index contributed by atoms with van der Waals surface area (Å²) in [6.45, 7) is 7.37. The highest BCUT2D eigenvalue weighted by Gasteiger charge is 2.20. The summed E-state index contributed by atoms with van der Waals surface area (Å²) in [6.07, 6.45) is 4.61. The Bertz CT molecular complexity index is 849. The molecule has 2 rings (SSSR count). The predicted molar refractivity (Wildman–Crippen MR) is 91.9 cm³/mol. The van der Waals surface area contributed by atoms with Gasteiger partial charge in [0, 0.05) is 17.7 Å². The number of allylic oxidation sites excluding steroid dienone is 2. The van der Waals surface area contributed by atoms with Crippen LogP contribution in [0, 0.1) is 11.3 Å². The van der Waals surface area contributed by atoms with Crippen LogP contribution in [0.2, 0.25) is 0 Å². The third kappa shape index (κ3) is 3.86. The molecule has 0 saturated carbocycles. The third-order valence-corrected chi connectivity index (χ3v) is 5.53. The predicted octanol–water partition coefficient (Wildman–Crippen LogP) is 3.27. The molecule has 0 fully saturated rings. The summed E-state index contributed by atoms with van der Waals surface area (Å²) in [6, 6.07) is 7.92. The van der Waals surface area contributed by atoms with Crippen molar-refractivity contribution in [2.45, 2.75) is 17.7 Å². The first-order valence-electron chi connectivity index (χ1n) is 6.74. The Kier molecular flexibility index (Phi) is 5.32. The molecule has 0 amide bonds. The van der Waals surface area contributed by atoms with Crippen LogP contribution in [0.3, 0.4) is 0 Å². The molecule has 2 aromatic rings. The Morgan fingerprint density at radius 1 is 1.26 bits per heavy atom. The number of benzene rings is 1. The summed E-state index contributed by atoms with van der Waals surface area (Å²) < 4.78 is 27.4. The largest absolute Gasteiger partial charge is 0.264 e. The molecule has 0 aliphatic heterocycles. The number of hydrogen-bond acceptors (Lipinski definition) is 5. The summed E-state index contributed by atoms with van der Waals surface area (Å²) in [5.74, 6) is 0. The monoisotopic (exact) mass is 345 g/mol. The second-order valence-corrected chi connectivity index (χ2v) is 7.32. The molecule has 1 aromatic heterocycles. The van der Waals surface area contributed by atoms with Crippen LogP contribution in [0.25, 0.3) is 0 Å². The summed E-state index contributed by atoms with van der Waals surface area (Å²) in [5.41, 5.74) is 0.866. The molecule has 118 valence electrons. The maximum atomic E-state index is 12.5. The summed E-state index contributed by atoms with van der Waals surface area (Å²) >= 11 is 1.26. The van der Waals surface area contributed by atoms with Gasteiger partial charge in [-0.15, -0.1) is 24.5 Å². The smallest absolute Gasteiger partial charge is 0.255 e. The van der Waals surface area contributed by atoms with Crippen molar-refractivity contribution >= 4 is 26.5 Å². The SMILES string of the molecule is C=CCc1nc(NS(=O)(=O)c2ccccc2C#N)sc1CC=C. The van der Waals surface area contributed by atoms with E-state index in [4.69, 9.17) is 5.26 Å². The lowest BCUT2D eigenvalue weighted by Gasteiger charge is -2.06. The van der Waals surface area contributed by atoms with E-state index in [2.05, 4.69) is 22.9 Å². The molecular formula is C16H15N3O2S2. The molecule has 23 heavy (non-hydrogen) atoms. The zero-order valence-electron chi connectivity index (χ0n) is 12.3. The average molecular weight is 345 g/mol. The van der Waals surface area contributed by atoms with Gasteiger partial charge in [0.15, 0.2) is 5.13 Å². The van der Waals surface area contributed by atoms with Crippen molar-refractivity contribution in [2.75, 3.05) is 4.72 Å². The minimum atomic E-state index is -3.87. The molecule has 0 bridgehead atoms. The minimum absolute atomic E-state index is 0.0618. The van der Waals surface area contributed by atoms with E-state index in [1.807, 2.05) is 6.07 Å². The third-order valence-electron chi connectivity index (χ3n) is 2.96. The second kappa shape index (κ2) is 7.22. The summed E-state index contributed by atoms with van der Waals surface area (Å²) in [5, 5.41) is 9.33. The molecule has 0 unspecified atom stereocenters. The van der Waals surface area contributed by atoms with Gasteiger partial charge in [-0.1, -0.05) is 24.3 Å². The Morgan fingerprint density at radius 3 is 2.61 bits per heavy atom. The first-order valence-corrected chi connectivity index (χ1v) is 9.04. The molecule has 0 aliphatic carbocycles. The van der Waals surface area contributed by atoms with Crippen LogP contribution < -0.4 is 4.72 Å². The first-order chi connectivity index (χ1) is 11.0. The van der Waals surface area contributed by atoms with E-state index in [0.29, 0.717) is 12.8 Å². The minimum Gasteiger partial charge on any atom is -0.255 e. The zero-order chi connectivity index (χ0) is 16.9. The van der Waals surface area contributed by atoms with E-state index in [1.54, 1.807) is 24.3 Å². The van der Waals surface area contributed by atoms with E-state index in [-0.39, 0.29) is 15.6 Å².